The first-order valence-corrected chi connectivity index (χ1v) is 4.44. The van der Waals surface area contributed by atoms with Gasteiger partial charge in [0.15, 0.2) is 0 Å². The van der Waals surface area contributed by atoms with Crippen molar-refractivity contribution >= 4 is 17.0 Å². The van der Waals surface area contributed by atoms with E-state index in [1.807, 2.05) is 30.3 Å². The van der Waals surface area contributed by atoms with Crippen LogP contribution in [-0.2, 0) is 4.74 Å². The Bertz CT molecular complexity index is 463. The molecule has 1 aromatic carbocycles. The quantitative estimate of drug-likeness (QED) is 0.671. The molecule has 2 heteroatoms. The second-order valence-corrected chi connectivity index (χ2v) is 2.99. The molecule has 0 saturated heterocycles. The summed E-state index contributed by atoms with van der Waals surface area (Å²) in [6, 6.07) is 10.1. The van der Waals surface area contributed by atoms with Crippen LogP contribution in [0, 0.1) is 0 Å². The van der Waals surface area contributed by atoms with Crippen molar-refractivity contribution in [1.29, 1.82) is 0 Å². The maximum Gasteiger partial charge on any atom is 0.0830 e. The molecule has 70 valence electrons. The zero-order chi connectivity index (χ0) is 9.80. The van der Waals surface area contributed by atoms with Crippen LogP contribution < -0.4 is 0 Å². The van der Waals surface area contributed by atoms with Gasteiger partial charge in [0.1, 0.15) is 0 Å². The lowest BCUT2D eigenvalue weighted by Gasteiger charge is -1.97. The molecular formula is C12H11NO. The number of nitrogens with zero attached hydrogens (tertiary/aromatic N) is 1. The Morgan fingerprint density at radius 3 is 3.07 bits per heavy atom. The van der Waals surface area contributed by atoms with Crippen LogP contribution in [0.25, 0.3) is 17.0 Å². The molecule has 2 aromatic rings. The van der Waals surface area contributed by atoms with Crippen LogP contribution in [0.2, 0.25) is 0 Å². The highest BCUT2D eigenvalue weighted by Crippen LogP contribution is 2.14. The van der Waals surface area contributed by atoms with Crippen LogP contribution in [0.5, 0.6) is 0 Å². The number of hydrogen-bond donors (Lipinski definition) is 0. The summed E-state index contributed by atoms with van der Waals surface area (Å²) >= 11 is 0. The van der Waals surface area contributed by atoms with Gasteiger partial charge >= 0.3 is 0 Å². The molecule has 0 aliphatic carbocycles. The zero-order valence-electron chi connectivity index (χ0n) is 7.97. The summed E-state index contributed by atoms with van der Waals surface area (Å²) in [5.41, 5.74) is 2.13. The van der Waals surface area contributed by atoms with Crippen LogP contribution in [0.15, 0.2) is 42.8 Å². The summed E-state index contributed by atoms with van der Waals surface area (Å²) in [5, 5.41) is 1.14. The van der Waals surface area contributed by atoms with Crippen LogP contribution in [0.1, 0.15) is 5.56 Å². The summed E-state index contributed by atoms with van der Waals surface area (Å²) in [4.78, 5) is 4.25. The summed E-state index contributed by atoms with van der Waals surface area (Å²) in [7, 11) is 1.64. The Kier molecular flexibility index (Phi) is 2.45. The van der Waals surface area contributed by atoms with Gasteiger partial charge in [-0.1, -0.05) is 12.1 Å². The van der Waals surface area contributed by atoms with Crippen molar-refractivity contribution in [3.8, 4) is 0 Å². The Hall–Kier alpha value is -1.83. The second kappa shape index (κ2) is 3.92. The van der Waals surface area contributed by atoms with E-state index in [9.17, 15) is 0 Å². The van der Waals surface area contributed by atoms with Gasteiger partial charge in [0, 0.05) is 11.6 Å². The van der Waals surface area contributed by atoms with Crippen LogP contribution in [-0.4, -0.2) is 12.1 Å². The minimum Gasteiger partial charge on any atom is -0.504 e. The SMILES string of the molecule is CO/C=C/c1ccc2ncccc2c1. The molecule has 2 nitrogen and oxygen atoms in total. The number of fused-ring (bicyclic) bond motifs is 1. The molecular weight excluding hydrogens is 174 g/mol. The van der Waals surface area contributed by atoms with Gasteiger partial charge in [-0.25, -0.2) is 0 Å². The monoisotopic (exact) mass is 185 g/mol. The van der Waals surface area contributed by atoms with E-state index in [4.69, 9.17) is 4.74 Å². The highest BCUT2D eigenvalue weighted by atomic mass is 16.5. The highest BCUT2D eigenvalue weighted by Gasteiger charge is 1.93. The van der Waals surface area contributed by atoms with E-state index in [-0.39, 0.29) is 0 Å². The fraction of sp³-hybridized carbons (Fsp3) is 0.0833. The molecule has 0 amide bonds. The molecule has 1 aromatic heterocycles. The van der Waals surface area contributed by atoms with Gasteiger partial charge in [0.2, 0.25) is 0 Å². The number of aromatic nitrogens is 1. The minimum atomic E-state index is 1.02. The third-order valence-corrected chi connectivity index (χ3v) is 2.02. The molecule has 0 unspecified atom stereocenters. The minimum absolute atomic E-state index is 1.02. The molecule has 0 N–H and O–H groups in total. The molecule has 0 radical (unpaired) electrons. The summed E-state index contributed by atoms with van der Waals surface area (Å²) < 4.78 is 4.86. The molecule has 0 spiro atoms. The summed E-state index contributed by atoms with van der Waals surface area (Å²) in [6.45, 7) is 0. The molecule has 0 aliphatic rings. The van der Waals surface area contributed by atoms with E-state index in [0.29, 0.717) is 0 Å². The van der Waals surface area contributed by atoms with Crippen molar-refractivity contribution in [3.63, 3.8) is 0 Å². The van der Waals surface area contributed by atoms with E-state index < -0.39 is 0 Å². The first-order chi connectivity index (χ1) is 6.90. The molecule has 0 bridgehead atoms. The topological polar surface area (TPSA) is 22.1 Å². The molecule has 0 atom stereocenters. The summed E-state index contributed by atoms with van der Waals surface area (Å²) in [5.74, 6) is 0. The van der Waals surface area contributed by atoms with E-state index in [0.717, 1.165) is 16.5 Å². The largest absolute Gasteiger partial charge is 0.504 e. The fourth-order valence-corrected chi connectivity index (χ4v) is 1.34. The van der Waals surface area contributed by atoms with Gasteiger partial charge in [-0.05, 0) is 29.8 Å². The molecule has 0 saturated carbocycles. The molecule has 14 heavy (non-hydrogen) atoms. The number of hydrogen-bond acceptors (Lipinski definition) is 2. The lowest BCUT2D eigenvalue weighted by molar-refractivity contribution is 0.341. The third-order valence-electron chi connectivity index (χ3n) is 2.02. The molecule has 1 heterocycles. The van der Waals surface area contributed by atoms with E-state index in [1.54, 1.807) is 19.6 Å². The van der Waals surface area contributed by atoms with Gasteiger partial charge in [-0.15, -0.1) is 0 Å². The van der Waals surface area contributed by atoms with Gasteiger partial charge in [-0.3, -0.25) is 4.98 Å². The number of rotatable bonds is 2. The Morgan fingerprint density at radius 1 is 1.29 bits per heavy atom. The van der Waals surface area contributed by atoms with Crippen LogP contribution >= 0.6 is 0 Å². The fourth-order valence-electron chi connectivity index (χ4n) is 1.34. The van der Waals surface area contributed by atoms with Crippen LogP contribution in [0.3, 0.4) is 0 Å². The average Bonchev–Trinajstić information content (AvgIpc) is 2.26. The third kappa shape index (κ3) is 1.74. The van der Waals surface area contributed by atoms with E-state index >= 15 is 0 Å². The molecule has 0 aliphatic heterocycles. The smallest absolute Gasteiger partial charge is 0.0830 e. The number of benzene rings is 1. The van der Waals surface area contributed by atoms with Crippen molar-refractivity contribution in [2.75, 3.05) is 7.11 Å². The Balaban J connectivity index is 2.46. The predicted molar refractivity (Wildman–Crippen MR) is 57.8 cm³/mol. The van der Waals surface area contributed by atoms with Crippen molar-refractivity contribution in [3.05, 3.63) is 48.4 Å². The average molecular weight is 185 g/mol. The second-order valence-electron chi connectivity index (χ2n) is 2.99. The van der Waals surface area contributed by atoms with E-state index in [1.165, 1.54) is 0 Å². The van der Waals surface area contributed by atoms with Crippen molar-refractivity contribution in [2.45, 2.75) is 0 Å². The standard InChI is InChI=1S/C12H11NO/c1-14-8-6-10-4-5-12-11(9-10)3-2-7-13-12/h2-9H,1H3/b8-6+. The van der Waals surface area contributed by atoms with Gasteiger partial charge in [0.25, 0.3) is 0 Å². The van der Waals surface area contributed by atoms with E-state index in [2.05, 4.69) is 11.1 Å². The first-order valence-electron chi connectivity index (χ1n) is 4.44. The Labute approximate surface area is 82.9 Å². The number of ether oxygens (including phenoxy) is 1. The maximum atomic E-state index is 4.86. The van der Waals surface area contributed by atoms with Gasteiger partial charge in [0.05, 0.1) is 18.9 Å². The maximum absolute atomic E-state index is 4.86. The van der Waals surface area contributed by atoms with Crippen molar-refractivity contribution in [1.82, 2.24) is 4.98 Å². The van der Waals surface area contributed by atoms with Crippen molar-refractivity contribution < 1.29 is 4.74 Å². The van der Waals surface area contributed by atoms with Crippen molar-refractivity contribution in [2.24, 2.45) is 0 Å². The number of methoxy groups -OCH3 is 1. The normalized spacial score (nSPS) is 10.9. The Morgan fingerprint density at radius 2 is 2.21 bits per heavy atom. The lowest BCUT2D eigenvalue weighted by Crippen LogP contribution is -1.78. The molecule has 2 rings (SSSR count). The van der Waals surface area contributed by atoms with Gasteiger partial charge < -0.3 is 4.74 Å². The highest BCUT2D eigenvalue weighted by molar-refractivity contribution is 5.80. The summed E-state index contributed by atoms with van der Waals surface area (Å²) in [6.07, 6.45) is 5.39. The van der Waals surface area contributed by atoms with Gasteiger partial charge in [-0.2, -0.15) is 0 Å². The lowest BCUT2D eigenvalue weighted by atomic mass is 10.1. The zero-order valence-corrected chi connectivity index (χ0v) is 7.97. The predicted octanol–water partition coefficient (Wildman–Crippen LogP) is 2.85. The number of pyridine rings is 1. The first kappa shape index (κ1) is 8.75. The van der Waals surface area contributed by atoms with Crippen LogP contribution in [0.4, 0.5) is 0 Å². The molecule has 0 fully saturated rings.